The van der Waals surface area contributed by atoms with Crippen LogP contribution in [0.15, 0.2) is 42.6 Å². The highest BCUT2D eigenvalue weighted by molar-refractivity contribution is 5.95. The van der Waals surface area contributed by atoms with Crippen LogP contribution in [0.3, 0.4) is 0 Å². The van der Waals surface area contributed by atoms with Gasteiger partial charge in [0.05, 0.1) is 29.1 Å². The lowest BCUT2D eigenvalue weighted by Crippen LogP contribution is -2.32. The van der Waals surface area contributed by atoms with Crippen LogP contribution in [0.5, 0.6) is 0 Å². The van der Waals surface area contributed by atoms with Crippen LogP contribution in [-0.4, -0.2) is 20.7 Å². The van der Waals surface area contributed by atoms with Crippen LogP contribution in [0, 0.1) is 11.3 Å². The first kappa shape index (κ1) is 21.2. The van der Waals surface area contributed by atoms with Gasteiger partial charge >= 0.3 is 6.18 Å². The van der Waals surface area contributed by atoms with Crippen LogP contribution in [0.4, 0.5) is 13.2 Å². The van der Waals surface area contributed by atoms with Crippen molar-refractivity contribution in [3.63, 3.8) is 0 Å². The highest BCUT2D eigenvalue weighted by atomic mass is 19.4. The number of nitrogens with zero attached hydrogens (tertiary/aromatic N) is 4. The molecular weight excluding hydrogens is 431 g/mol. The number of pyridine rings is 1. The molecule has 3 aromatic rings. The molecule has 0 bridgehead atoms. The number of carbonyl (C=O) groups is 1. The Kier molecular flexibility index (Phi) is 5.16. The first-order chi connectivity index (χ1) is 15.8. The second kappa shape index (κ2) is 8.03. The molecule has 9 heteroatoms. The van der Waals surface area contributed by atoms with Gasteiger partial charge in [-0.1, -0.05) is 0 Å². The molecule has 0 radical (unpaired) electrons. The molecule has 0 saturated heterocycles. The third-order valence-corrected chi connectivity index (χ3v) is 6.08. The molecule has 5 rings (SSSR count). The van der Waals surface area contributed by atoms with Gasteiger partial charge in [0.1, 0.15) is 5.69 Å². The van der Waals surface area contributed by atoms with Crippen molar-refractivity contribution < 1.29 is 18.0 Å². The van der Waals surface area contributed by atoms with Gasteiger partial charge in [0, 0.05) is 23.9 Å². The number of benzene rings is 1. The predicted octanol–water partition coefficient (Wildman–Crippen LogP) is 4.98. The summed E-state index contributed by atoms with van der Waals surface area (Å²) >= 11 is 0. The Morgan fingerprint density at radius 3 is 2.70 bits per heavy atom. The van der Waals surface area contributed by atoms with E-state index in [9.17, 15) is 23.2 Å². The minimum atomic E-state index is -4.54. The number of amides is 1. The third-order valence-electron chi connectivity index (χ3n) is 6.08. The molecule has 1 fully saturated rings. The van der Waals surface area contributed by atoms with Crippen LogP contribution in [0.25, 0.3) is 11.3 Å². The van der Waals surface area contributed by atoms with Crippen LogP contribution in [-0.2, 0) is 12.7 Å². The number of aryl methyl sites for hydroxylation is 1. The fourth-order valence-electron chi connectivity index (χ4n) is 4.26. The number of halogens is 3. The van der Waals surface area contributed by atoms with Crippen molar-refractivity contribution in [1.29, 1.82) is 5.26 Å². The minimum Gasteiger partial charge on any atom is -0.344 e. The molecule has 0 spiro atoms. The molecule has 1 amide bonds. The summed E-state index contributed by atoms with van der Waals surface area (Å²) in [6, 6.07) is 11.3. The Hall–Kier alpha value is -3.67. The van der Waals surface area contributed by atoms with E-state index < -0.39 is 11.9 Å². The summed E-state index contributed by atoms with van der Waals surface area (Å²) in [7, 11) is 0. The molecule has 2 aromatic heterocycles. The normalized spacial score (nSPS) is 17.8. The van der Waals surface area contributed by atoms with E-state index in [0.29, 0.717) is 41.3 Å². The molecule has 1 aliphatic heterocycles. The Balaban J connectivity index is 1.41. The summed E-state index contributed by atoms with van der Waals surface area (Å²) in [6.45, 7) is 0.620. The first-order valence-electron chi connectivity index (χ1n) is 10.8. The summed E-state index contributed by atoms with van der Waals surface area (Å²) in [4.78, 5) is 16.4. The van der Waals surface area contributed by atoms with Gasteiger partial charge in [0.2, 0.25) is 0 Å². The van der Waals surface area contributed by atoms with Crippen molar-refractivity contribution in [2.75, 3.05) is 0 Å². The number of hydrogen-bond donors (Lipinski definition) is 1. The van der Waals surface area contributed by atoms with Gasteiger partial charge in [0.25, 0.3) is 5.91 Å². The Morgan fingerprint density at radius 2 is 1.97 bits per heavy atom. The number of alkyl halides is 3. The van der Waals surface area contributed by atoms with Crippen molar-refractivity contribution >= 4 is 5.91 Å². The zero-order chi connectivity index (χ0) is 23.2. The number of aromatic nitrogens is 3. The smallest absolute Gasteiger partial charge is 0.344 e. The largest absolute Gasteiger partial charge is 0.433 e. The number of hydrogen-bond acceptors (Lipinski definition) is 4. The lowest BCUT2D eigenvalue weighted by atomic mass is 10.00. The molecule has 1 aliphatic carbocycles. The second-order valence-electron chi connectivity index (χ2n) is 8.50. The van der Waals surface area contributed by atoms with E-state index in [1.54, 1.807) is 16.8 Å². The fourth-order valence-corrected chi connectivity index (χ4v) is 4.26. The van der Waals surface area contributed by atoms with Crippen molar-refractivity contribution in [2.24, 2.45) is 0 Å². The van der Waals surface area contributed by atoms with Crippen LogP contribution >= 0.6 is 0 Å². The summed E-state index contributed by atoms with van der Waals surface area (Å²) in [5.41, 5.74) is 2.40. The SMILES string of the molecule is N#Cc1cc(C(=O)NC2CCCn3nc(-c4ccnc(C(F)(F)F)c4)cc32)cc(C2CC2)c1. The molecule has 1 N–H and O–H groups in total. The molecule has 1 unspecified atom stereocenters. The molecule has 1 atom stereocenters. The Bertz CT molecular complexity index is 1270. The summed E-state index contributed by atoms with van der Waals surface area (Å²) < 4.78 is 40.9. The van der Waals surface area contributed by atoms with Crippen LogP contribution < -0.4 is 5.32 Å². The van der Waals surface area contributed by atoms with Crippen molar-refractivity contribution in [3.8, 4) is 17.3 Å². The highest BCUT2D eigenvalue weighted by Gasteiger charge is 2.33. The van der Waals surface area contributed by atoms with E-state index in [-0.39, 0.29) is 11.9 Å². The van der Waals surface area contributed by atoms with E-state index in [2.05, 4.69) is 21.5 Å². The molecule has 33 heavy (non-hydrogen) atoms. The average molecular weight is 451 g/mol. The number of rotatable bonds is 4. The number of fused-ring (bicyclic) bond motifs is 1. The van der Waals surface area contributed by atoms with Crippen molar-refractivity contribution in [2.45, 2.75) is 50.4 Å². The van der Waals surface area contributed by atoms with Gasteiger partial charge < -0.3 is 5.32 Å². The van der Waals surface area contributed by atoms with Gasteiger partial charge in [-0.3, -0.25) is 14.5 Å². The first-order valence-corrected chi connectivity index (χ1v) is 10.8. The lowest BCUT2D eigenvalue weighted by molar-refractivity contribution is -0.141. The quantitative estimate of drug-likeness (QED) is 0.607. The average Bonchev–Trinajstić information content (AvgIpc) is 3.57. The maximum atomic E-state index is 13.1. The summed E-state index contributed by atoms with van der Waals surface area (Å²) in [5.74, 6) is 0.129. The van der Waals surface area contributed by atoms with Gasteiger partial charge in [-0.15, -0.1) is 0 Å². The lowest BCUT2D eigenvalue weighted by Gasteiger charge is -2.24. The number of nitriles is 1. The van der Waals surface area contributed by atoms with E-state index in [4.69, 9.17) is 0 Å². The predicted molar refractivity (Wildman–Crippen MR) is 113 cm³/mol. The maximum absolute atomic E-state index is 13.1. The topological polar surface area (TPSA) is 83.6 Å². The molecule has 1 aromatic carbocycles. The number of nitrogens with one attached hydrogen (secondary N) is 1. The van der Waals surface area contributed by atoms with E-state index in [1.807, 2.05) is 12.1 Å². The summed E-state index contributed by atoms with van der Waals surface area (Å²) in [6.07, 6.45) is 0.166. The molecule has 2 aliphatic rings. The van der Waals surface area contributed by atoms with Gasteiger partial charge in [-0.25, -0.2) is 0 Å². The van der Waals surface area contributed by atoms with Crippen molar-refractivity contribution in [1.82, 2.24) is 20.1 Å². The zero-order valence-electron chi connectivity index (χ0n) is 17.6. The maximum Gasteiger partial charge on any atom is 0.433 e. The zero-order valence-corrected chi connectivity index (χ0v) is 17.6. The molecule has 3 heterocycles. The number of carbonyl (C=O) groups excluding carboxylic acids is 1. The van der Waals surface area contributed by atoms with Crippen molar-refractivity contribution in [3.05, 3.63) is 70.7 Å². The Labute approximate surface area is 188 Å². The highest BCUT2D eigenvalue weighted by Crippen LogP contribution is 2.40. The molecule has 168 valence electrons. The molecule has 1 saturated carbocycles. The molecule has 6 nitrogen and oxygen atoms in total. The van der Waals surface area contributed by atoms with Crippen LogP contribution in [0.1, 0.15) is 70.5 Å². The standard InChI is InChI=1S/C24H20F3N5O/c25-24(26,27)22-11-16(5-6-29-22)20-12-21-19(2-1-7-32(21)31-20)30-23(33)18-9-14(13-28)8-17(10-18)15-3-4-15/h5-6,8-12,15,19H,1-4,7H2,(H,30,33). The fraction of sp³-hybridized carbons (Fsp3) is 0.333. The van der Waals surface area contributed by atoms with Crippen LogP contribution in [0.2, 0.25) is 0 Å². The summed E-state index contributed by atoms with van der Waals surface area (Å²) in [5, 5.41) is 16.8. The Morgan fingerprint density at radius 1 is 1.15 bits per heavy atom. The third kappa shape index (κ3) is 4.33. The van der Waals surface area contributed by atoms with Gasteiger partial charge in [-0.2, -0.15) is 23.5 Å². The van der Waals surface area contributed by atoms with Gasteiger partial charge in [0.15, 0.2) is 0 Å². The van der Waals surface area contributed by atoms with Gasteiger partial charge in [-0.05, 0) is 73.6 Å². The van der Waals surface area contributed by atoms with E-state index in [1.165, 1.54) is 6.07 Å². The minimum absolute atomic E-state index is 0.279. The molecular formula is C24H20F3N5O. The van der Waals surface area contributed by atoms with E-state index in [0.717, 1.165) is 42.8 Å². The van der Waals surface area contributed by atoms with E-state index >= 15 is 0 Å². The second-order valence-corrected chi connectivity index (χ2v) is 8.50. The monoisotopic (exact) mass is 451 g/mol.